The summed E-state index contributed by atoms with van der Waals surface area (Å²) in [5, 5.41) is 13.5. The van der Waals surface area contributed by atoms with E-state index in [1.165, 1.54) is 24.5 Å². The molecule has 4 rings (SSSR count). The molecule has 11 heteroatoms. The van der Waals surface area contributed by atoms with Gasteiger partial charge >= 0.3 is 0 Å². The highest BCUT2D eigenvalue weighted by Gasteiger charge is 2.56. The Morgan fingerprint density at radius 3 is 2.82 bits per heavy atom. The lowest BCUT2D eigenvalue weighted by atomic mass is 10.1. The molecule has 2 heterocycles. The fraction of sp³-hybridized carbons (Fsp3) is 0.348. The molecule has 1 saturated heterocycles. The Morgan fingerprint density at radius 1 is 1.32 bits per heavy atom. The summed E-state index contributed by atoms with van der Waals surface area (Å²) in [5.41, 5.74) is 5.62. The third-order valence-corrected chi connectivity index (χ3v) is 6.56. The van der Waals surface area contributed by atoms with E-state index >= 15 is 0 Å². The van der Waals surface area contributed by atoms with E-state index in [1.54, 1.807) is 24.0 Å². The van der Waals surface area contributed by atoms with Crippen molar-refractivity contribution in [3.63, 3.8) is 0 Å². The summed E-state index contributed by atoms with van der Waals surface area (Å²) in [6.07, 6.45) is 4.19. The lowest BCUT2D eigenvalue weighted by Crippen LogP contribution is -2.50. The molecule has 1 aromatic carbocycles. The largest absolute Gasteiger partial charge is 0.374 e. The van der Waals surface area contributed by atoms with Crippen LogP contribution in [0.4, 0.5) is 10.1 Å². The van der Waals surface area contributed by atoms with E-state index in [-0.39, 0.29) is 46.5 Å². The smallest absolute Gasteiger partial charge is 0.267 e. The number of benzene rings is 1. The van der Waals surface area contributed by atoms with Gasteiger partial charge in [-0.25, -0.2) is 4.39 Å². The minimum absolute atomic E-state index is 0.0134. The van der Waals surface area contributed by atoms with Gasteiger partial charge in [0, 0.05) is 23.4 Å². The third kappa shape index (κ3) is 4.58. The van der Waals surface area contributed by atoms with Crippen LogP contribution >= 0.6 is 11.6 Å². The van der Waals surface area contributed by atoms with Crippen LogP contribution in [0.2, 0.25) is 5.02 Å². The van der Waals surface area contributed by atoms with Gasteiger partial charge in [0.1, 0.15) is 17.6 Å². The molecule has 0 spiro atoms. The summed E-state index contributed by atoms with van der Waals surface area (Å²) in [4.78, 5) is 43.0. The predicted octanol–water partition coefficient (Wildman–Crippen LogP) is 2.01. The third-order valence-electron chi connectivity index (χ3n) is 6.27. The Labute approximate surface area is 200 Å². The van der Waals surface area contributed by atoms with E-state index in [0.29, 0.717) is 12.1 Å². The second kappa shape index (κ2) is 9.38. The minimum atomic E-state index is -0.900. The number of halogens is 2. The number of nitrogens with one attached hydrogen (secondary N) is 3. The minimum Gasteiger partial charge on any atom is -0.374 e. The molecular formula is C23H24ClFN6O3. The maximum absolute atomic E-state index is 14.3. The number of hydrogen-bond acceptors (Lipinski definition) is 6. The molecule has 0 radical (unpaired) electrons. The second-order valence-electron chi connectivity index (χ2n) is 8.50. The number of hydrogen-bond donors (Lipinski definition) is 4. The molecule has 2 fully saturated rings. The van der Waals surface area contributed by atoms with Crippen LogP contribution in [-0.2, 0) is 14.4 Å². The van der Waals surface area contributed by atoms with Crippen molar-refractivity contribution in [3.05, 3.63) is 58.6 Å². The van der Waals surface area contributed by atoms with E-state index < -0.39 is 29.5 Å². The van der Waals surface area contributed by atoms with Crippen LogP contribution < -0.4 is 16.4 Å². The zero-order valence-electron chi connectivity index (χ0n) is 18.3. The van der Waals surface area contributed by atoms with E-state index in [2.05, 4.69) is 15.6 Å². The number of nitrogens with two attached hydrogens (primary N) is 1. The van der Waals surface area contributed by atoms with Gasteiger partial charge in [-0.05, 0) is 37.8 Å². The Kier molecular flexibility index (Phi) is 6.52. The highest BCUT2D eigenvalue weighted by molar-refractivity contribution is 6.44. The first-order valence-electron chi connectivity index (χ1n) is 10.8. The Bertz CT molecular complexity index is 1180. The molecule has 0 bridgehead atoms. The van der Waals surface area contributed by atoms with Gasteiger partial charge in [-0.2, -0.15) is 0 Å². The molecule has 1 aromatic heterocycles. The molecular weight excluding hydrogens is 463 g/mol. The molecule has 34 heavy (non-hydrogen) atoms. The van der Waals surface area contributed by atoms with Crippen LogP contribution in [0.25, 0.3) is 0 Å². The average molecular weight is 487 g/mol. The molecule has 1 saturated carbocycles. The Morgan fingerprint density at radius 2 is 2.09 bits per heavy atom. The van der Waals surface area contributed by atoms with E-state index in [9.17, 15) is 18.8 Å². The lowest BCUT2D eigenvalue weighted by Gasteiger charge is -2.28. The van der Waals surface area contributed by atoms with Gasteiger partial charge in [0.05, 0.1) is 29.5 Å². The maximum atomic E-state index is 14.3. The zero-order valence-corrected chi connectivity index (χ0v) is 19.1. The summed E-state index contributed by atoms with van der Waals surface area (Å²) in [6.45, 7) is 1.50. The van der Waals surface area contributed by atoms with Gasteiger partial charge in [0.25, 0.3) is 5.91 Å². The molecule has 0 unspecified atom stereocenters. The van der Waals surface area contributed by atoms with Crippen molar-refractivity contribution < 1.29 is 18.8 Å². The van der Waals surface area contributed by atoms with Crippen molar-refractivity contribution in [2.24, 2.45) is 11.7 Å². The second-order valence-corrected chi connectivity index (χ2v) is 8.91. The van der Waals surface area contributed by atoms with Crippen LogP contribution in [0.3, 0.4) is 0 Å². The Balaban J connectivity index is 1.43. The number of piperidine rings is 1. The zero-order chi connectivity index (χ0) is 24.6. The van der Waals surface area contributed by atoms with Crippen LogP contribution in [0, 0.1) is 17.1 Å². The molecule has 5 N–H and O–H groups in total. The molecule has 1 aliphatic heterocycles. The topological polar surface area (TPSA) is 141 Å². The van der Waals surface area contributed by atoms with E-state index in [0.717, 1.165) is 6.42 Å². The van der Waals surface area contributed by atoms with Gasteiger partial charge in [-0.3, -0.25) is 24.8 Å². The van der Waals surface area contributed by atoms with Crippen LogP contribution in [0.5, 0.6) is 0 Å². The van der Waals surface area contributed by atoms with Crippen molar-refractivity contribution >= 4 is 40.7 Å². The number of fused-ring (bicyclic) bond motifs is 1. The summed E-state index contributed by atoms with van der Waals surface area (Å²) in [6, 6.07) is 4.75. The summed E-state index contributed by atoms with van der Waals surface area (Å²) < 4.78 is 14.3. The maximum Gasteiger partial charge on any atom is 0.267 e. The average Bonchev–Trinajstić information content (AvgIpc) is 3.47. The molecule has 4 atom stereocenters. The quantitative estimate of drug-likeness (QED) is 0.422. The number of pyridine rings is 1. The molecule has 3 amide bonds. The monoisotopic (exact) mass is 486 g/mol. The molecule has 178 valence electrons. The van der Waals surface area contributed by atoms with Gasteiger partial charge in [-0.15, -0.1) is 0 Å². The lowest BCUT2D eigenvalue weighted by molar-refractivity contribution is -0.138. The van der Waals surface area contributed by atoms with Crippen molar-refractivity contribution in [2.45, 2.75) is 37.9 Å². The van der Waals surface area contributed by atoms with Crippen molar-refractivity contribution in [2.75, 3.05) is 11.9 Å². The van der Waals surface area contributed by atoms with Crippen LogP contribution in [0.15, 0.2) is 36.7 Å². The van der Waals surface area contributed by atoms with E-state index in [1.807, 2.05) is 0 Å². The van der Waals surface area contributed by atoms with Crippen LogP contribution in [0.1, 0.15) is 36.9 Å². The number of carbonyl (C=O) groups is 3. The number of anilines is 1. The number of aromatic nitrogens is 1. The van der Waals surface area contributed by atoms with Crippen molar-refractivity contribution in [1.82, 2.24) is 15.2 Å². The molecule has 1 aliphatic carbocycles. The molecule has 9 nitrogen and oxygen atoms in total. The normalized spacial score (nSPS) is 21.4. The number of nitrogens with zero attached hydrogens (tertiary/aromatic N) is 2. The van der Waals surface area contributed by atoms with Crippen molar-refractivity contribution in [3.8, 4) is 0 Å². The summed E-state index contributed by atoms with van der Waals surface area (Å²) in [5.74, 6) is -1.88. The SMILES string of the molecule is C[C@H](NC(=O)[C@@H]1C[C@H]2C[C@H]2N1C(=O)CNc1cnccc1C(=N)C(N)=O)c1cccc(Cl)c1F. The van der Waals surface area contributed by atoms with Crippen molar-refractivity contribution in [1.29, 1.82) is 5.41 Å². The van der Waals surface area contributed by atoms with Gasteiger partial charge < -0.3 is 21.3 Å². The number of carbonyl (C=O) groups excluding carboxylic acids is 3. The predicted molar refractivity (Wildman–Crippen MR) is 124 cm³/mol. The van der Waals surface area contributed by atoms with Crippen LogP contribution in [-0.4, -0.2) is 51.9 Å². The molecule has 2 aromatic rings. The highest BCUT2D eigenvalue weighted by Crippen LogP contribution is 2.48. The van der Waals surface area contributed by atoms with Gasteiger partial charge in [-0.1, -0.05) is 23.7 Å². The van der Waals surface area contributed by atoms with Gasteiger partial charge in [0.2, 0.25) is 11.8 Å². The highest BCUT2D eigenvalue weighted by atomic mass is 35.5. The number of likely N-dealkylation sites (tertiary alicyclic amines) is 1. The Hall–Kier alpha value is -3.53. The van der Waals surface area contributed by atoms with E-state index in [4.69, 9.17) is 22.7 Å². The summed E-state index contributed by atoms with van der Waals surface area (Å²) in [7, 11) is 0. The standard InChI is InChI=1S/C23H24ClFN6O3/c1-11(13-3-2-4-15(24)20(13)25)30-23(34)18-8-12-7-17(12)31(18)19(32)10-29-16-9-28-6-5-14(16)21(26)22(27)33/h2-6,9,11-12,17-18,26,29H,7-8,10H2,1H3,(H2,27,33)(H,30,34)/t11-,12+,17+,18-/m0/s1. The first-order valence-corrected chi connectivity index (χ1v) is 11.2. The fourth-order valence-corrected chi connectivity index (χ4v) is 4.62. The summed E-state index contributed by atoms with van der Waals surface area (Å²) >= 11 is 5.85. The van der Waals surface area contributed by atoms with Gasteiger partial charge in [0.15, 0.2) is 0 Å². The fourth-order valence-electron chi connectivity index (χ4n) is 4.44. The number of rotatable bonds is 8. The molecule has 2 aliphatic rings. The number of primary amides is 1. The first-order chi connectivity index (χ1) is 16.2. The number of amides is 3. The first kappa shape index (κ1) is 23.6.